The quantitative estimate of drug-likeness (QED) is 0.781. The van der Waals surface area contributed by atoms with E-state index in [2.05, 4.69) is 9.89 Å². The SMILES string of the molecule is FC(F)(F)c1ccc(C2c3ccccc3C3=NCCN32)cc1. The van der Waals surface area contributed by atoms with Gasteiger partial charge in [0, 0.05) is 12.1 Å². The second-order valence-corrected chi connectivity index (χ2v) is 5.51. The van der Waals surface area contributed by atoms with Crippen LogP contribution in [0.2, 0.25) is 0 Å². The minimum Gasteiger partial charge on any atom is -0.343 e. The molecule has 2 aromatic carbocycles. The molecule has 112 valence electrons. The molecule has 5 heteroatoms. The van der Waals surface area contributed by atoms with Crippen LogP contribution in [0.5, 0.6) is 0 Å². The Morgan fingerprint density at radius 1 is 1.00 bits per heavy atom. The molecule has 0 aliphatic carbocycles. The zero-order valence-corrected chi connectivity index (χ0v) is 11.6. The first-order valence-corrected chi connectivity index (χ1v) is 7.13. The van der Waals surface area contributed by atoms with Crippen LogP contribution in [0.1, 0.15) is 28.3 Å². The van der Waals surface area contributed by atoms with Crippen molar-refractivity contribution in [1.82, 2.24) is 4.90 Å². The van der Waals surface area contributed by atoms with Crippen LogP contribution in [0.25, 0.3) is 0 Å². The molecule has 0 saturated heterocycles. The highest BCUT2D eigenvalue weighted by Gasteiger charge is 2.38. The van der Waals surface area contributed by atoms with E-state index in [1.54, 1.807) is 12.1 Å². The van der Waals surface area contributed by atoms with Crippen molar-refractivity contribution in [2.45, 2.75) is 12.2 Å². The van der Waals surface area contributed by atoms with Gasteiger partial charge in [-0.15, -0.1) is 0 Å². The summed E-state index contributed by atoms with van der Waals surface area (Å²) < 4.78 is 38.2. The van der Waals surface area contributed by atoms with Gasteiger partial charge in [0.1, 0.15) is 5.84 Å². The standard InChI is InChI=1S/C17H13F3N2/c18-17(19,20)12-7-5-11(6-8-12)15-13-3-1-2-4-14(13)16-21-9-10-22(15)16/h1-8,15H,9-10H2. The molecule has 1 atom stereocenters. The second kappa shape index (κ2) is 4.60. The number of benzene rings is 2. The molecule has 2 nitrogen and oxygen atoms in total. The zero-order chi connectivity index (χ0) is 15.3. The van der Waals surface area contributed by atoms with Gasteiger partial charge in [0.2, 0.25) is 0 Å². The third kappa shape index (κ3) is 1.92. The van der Waals surface area contributed by atoms with Crippen LogP contribution in [0.3, 0.4) is 0 Å². The van der Waals surface area contributed by atoms with Gasteiger partial charge >= 0.3 is 6.18 Å². The first kappa shape index (κ1) is 13.4. The number of amidine groups is 1. The fraction of sp³-hybridized carbons (Fsp3) is 0.235. The summed E-state index contributed by atoms with van der Waals surface area (Å²) in [6.07, 6.45) is -4.30. The normalized spacial score (nSPS) is 19.9. The van der Waals surface area contributed by atoms with E-state index in [0.29, 0.717) is 0 Å². The summed E-state index contributed by atoms with van der Waals surface area (Å²) in [5.74, 6) is 0.959. The topological polar surface area (TPSA) is 15.6 Å². The molecule has 2 heterocycles. The zero-order valence-electron chi connectivity index (χ0n) is 11.6. The Balaban J connectivity index is 1.78. The first-order valence-electron chi connectivity index (χ1n) is 7.13. The van der Waals surface area contributed by atoms with Crippen molar-refractivity contribution in [2.24, 2.45) is 4.99 Å². The molecule has 0 aromatic heterocycles. The molecule has 0 amide bonds. The first-order chi connectivity index (χ1) is 10.6. The van der Waals surface area contributed by atoms with Crippen molar-refractivity contribution in [1.29, 1.82) is 0 Å². The summed E-state index contributed by atoms with van der Waals surface area (Å²) in [7, 11) is 0. The van der Waals surface area contributed by atoms with Gasteiger partial charge in [0.15, 0.2) is 0 Å². The van der Waals surface area contributed by atoms with Crippen LogP contribution in [-0.4, -0.2) is 23.8 Å². The summed E-state index contributed by atoms with van der Waals surface area (Å²) in [6, 6.07) is 13.4. The van der Waals surface area contributed by atoms with Crippen molar-refractivity contribution in [2.75, 3.05) is 13.1 Å². The molecule has 0 fully saturated rings. The maximum Gasteiger partial charge on any atom is 0.416 e. The van der Waals surface area contributed by atoms with Gasteiger partial charge < -0.3 is 4.90 Å². The van der Waals surface area contributed by atoms with Crippen molar-refractivity contribution in [3.63, 3.8) is 0 Å². The number of hydrogen-bond acceptors (Lipinski definition) is 2. The second-order valence-electron chi connectivity index (χ2n) is 5.51. The molecular formula is C17H13F3N2. The average Bonchev–Trinajstić information content (AvgIpc) is 3.07. The summed E-state index contributed by atoms with van der Waals surface area (Å²) >= 11 is 0. The van der Waals surface area contributed by atoms with E-state index in [1.165, 1.54) is 0 Å². The highest BCUT2D eigenvalue weighted by Crippen LogP contribution is 2.40. The molecule has 0 spiro atoms. The predicted molar refractivity (Wildman–Crippen MR) is 77.8 cm³/mol. The molecule has 1 unspecified atom stereocenters. The Morgan fingerprint density at radius 3 is 2.45 bits per heavy atom. The third-order valence-electron chi connectivity index (χ3n) is 4.24. The highest BCUT2D eigenvalue weighted by molar-refractivity contribution is 6.04. The molecule has 22 heavy (non-hydrogen) atoms. The van der Waals surface area contributed by atoms with Gasteiger partial charge in [0.05, 0.1) is 18.2 Å². The summed E-state index contributed by atoms with van der Waals surface area (Å²) in [4.78, 5) is 6.71. The Kier molecular flexibility index (Phi) is 2.79. The molecule has 2 aliphatic rings. The van der Waals surface area contributed by atoms with Gasteiger partial charge in [-0.25, -0.2) is 0 Å². The van der Waals surface area contributed by atoms with Crippen molar-refractivity contribution in [3.05, 3.63) is 70.8 Å². The van der Waals surface area contributed by atoms with Gasteiger partial charge in [-0.1, -0.05) is 36.4 Å². The Morgan fingerprint density at radius 2 is 1.73 bits per heavy atom. The van der Waals surface area contributed by atoms with Crippen LogP contribution < -0.4 is 0 Å². The lowest BCUT2D eigenvalue weighted by atomic mass is 9.97. The molecule has 2 aromatic rings. The number of halogens is 3. The van der Waals surface area contributed by atoms with E-state index in [9.17, 15) is 13.2 Å². The third-order valence-corrected chi connectivity index (χ3v) is 4.24. The van der Waals surface area contributed by atoms with Crippen LogP contribution in [-0.2, 0) is 6.18 Å². The summed E-state index contributed by atoms with van der Waals surface area (Å²) in [6.45, 7) is 1.54. The Labute approximate surface area is 125 Å². The van der Waals surface area contributed by atoms with E-state index in [4.69, 9.17) is 0 Å². The van der Waals surface area contributed by atoms with Crippen LogP contribution >= 0.6 is 0 Å². The minimum absolute atomic E-state index is 0.0419. The molecule has 4 rings (SSSR count). The molecule has 2 aliphatic heterocycles. The van der Waals surface area contributed by atoms with Gasteiger partial charge in [-0.3, -0.25) is 4.99 Å². The van der Waals surface area contributed by atoms with E-state index >= 15 is 0 Å². The lowest BCUT2D eigenvalue weighted by Crippen LogP contribution is -2.26. The summed E-state index contributed by atoms with van der Waals surface area (Å²) in [5.41, 5.74) is 2.45. The van der Waals surface area contributed by atoms with Crippen molar-refractivity contribution >= 4 is 5.84 Å². The largest absolute Gasteiger partial charge is 0.416 e. The van der Waals surface area contributed by atoms with Crippen LogP contribution in [0.15, 0.2) is 53.5 Å². The fourth-order valence-electron chi connectivity index (χ4n) is 3.27. The van der Waals surface area contributed by atoms with Crippen molar-refractivity contribution < 1.29 is 13.2 Å². The maximum absolute atomic E-state index is 12.7. The average molecular weight is 302 g/mol. The Bertz CT molecular complexity index is 747. The van der Waals surface area contributed by atoms with Crippen molar-refractivity contribution in [3.8, 4) is 0 Å². The number of aliphatic imine (C=N–C) groups is 1. The van der Waals surface area contributed by atoms with E-state index in [1.807, 2.05) is 24.3 Å². The van der Waals surface area contributed by atoms with Gasteiger partial charge in [-0.05, 0) is 23.3 Å². The number of rotatable bonds is 1. The molecule has 0 saturated carbocycles. The Hall–Kier alpha value is -2.30. The molecule has 0 radical (unpaired) electrons. The number of fused-ring (bicyclic) bond motifs is 3. The fourth-order valence-corrected chi connectivity index (χ4v) is 3.27. The number of hydrogen-bond donors (Lipinski definition) is 0. The van der Waals surface area contributed by atoms with Gasteiger partial charge in [-0.2, -0.15) is 13.2 Å². The number of alkyl halides is 3. The monoisotopic (exact) mass is 302 g/mol. The number of nitrogens with zero attached hydrogens (tertiary/aromatic N) is 2. The lowest BCUT2D eigenvalue weighted by Gasteiger charge is -2.24. The smallest absolute Gasteiger partial charge is 0.343 e. The van der Waals surface area contributed by atoms with Crippen LogP contribution in [0.4, 0.5) is 13.2 Å². The lowest BCUT2D eigenvalue weighted by molar-refractivity contribution is -0.137. The maximum atomic E-state index is 12.7. The minimum atomic E-state index is -4.30. The highest BCUT2D eigenvalue weighted by atomic mass is 19.4. The van der Waals surface area contributed by atoms with E-state index in [-0.39, 0.29) is 6.04 Å². The summed E-state index contributed by atoms with van der Waals surface area (Å²) in [5, 5.41) is 0. The van der Waals surface area contributed by atoms with E-state index < -0.39 is 11.7 Å². The molecular weight excluding hydrogens is 289 g/mol. The van der Waals surface area contributed by atoms with Crippen LogP contribution in [0, 0.1) is 0 Å². The molecule has 0 bridgehead atoms. The van der Waals surface area contributed by atoms with E-state index in [0.717, 1.165) is 47.7 Å². The molecule has 0 N–H and O–H groups in total. The van der Waals surface area contributed by atoms with Gasteiger partial charge in [0.25, 0.3) is 0 Å². The predicted octanol–water partition coefficient (Wildman–Crippen LogP) is 3.87.